The maximum absolute atomic E-state index is 13.2. The minimum absolute atomic E-state index is 0.491. The molecule has 0 amide bonds. The monoisotopic (exact) mass is 394 g/mol. The van der Waals surface area contributed by atoms with Crippen molar-refractivity contribution in [2.24, 2.45) is 0 Å². The van der Waals surface area contributed by atoms with Gasteiger partial charge in [-0.2, -0.15) is 0 Å². The van der Waals surface area contributed by atoms with Crippen LogP contribution in [0, 0.1) is 0 Å². The van der Waals surface area contributed by atoms with Crippen LogP contribution >= 0.6 is 0 Å². The van der Waals surface area contributed by atoms with Gasteiger partial charge in [0.25, 0.3) is 0 Å². The van der Waals surface area contributed by atoms with Crippen molar-refractivity contribution >= 4 is 5.97 Å². The Morgan fingerprint density at radius 1 is 0.600 bits per heavy atom. The van der Waals surface area contributed by atoms with E-state index in [1.54, 1.807) is 24.3 Å². The molecule has 148 valence electrons. The van der Waals surface area contributed by atoms with Crippen LogP contribution in [0.3, 0.4) is 0 Å². The van der Waals surface area contributed by atoms with E-state index in [2.05, 4.69) is 0 Å². The predicted molar refractivity (Wildman–Crippen MR) is 117 cm³/mol. The lowest BCUT2D eigenvalue weighted by molar-refractivity contribution is -0.164. The number of hydrogen-bond acceptors (Lipinski definition) is 3. The molecule has 4 rings (SSSR count). The van der Waals surface area contributed by atoms with Gasteiger partial charge in [0, 0.05) is 16.7 Å². The van der Waals surface area contributed by atoms with Gasteiger partial charge in [-0.15, -0.1) is 0 Å². The normalized spacial score (nSPS) is 12.2. The fourth-order valence-electron chi connectivity index (χ4n) is 3.67. The van der Waals surface area contributed by atoms with Crippen LogP contribution < -0.4 is 0 Å². The molecule has 4 aromatic carbocycles. The van der Waals surface area contributed by atoms with Gasteiger partial charge in [-0.25, -0.2) is 4.79 Å². The van der Waals surface area contributed by atoms with Crippen LogP contribution in [0.2, 0.25) is 0 Å². The van der Waals surface area contributed by atoms with Crippen molar-refractivity contribution in [1.82, 2.24) is 0 Å². The van der Waals surface area contributed by atoms with E-state index >= 15 is 0 Å². The topological polar surface area (TPSA) is 46.5 Å². The second-order valence-corrected chi connectivity index (χ2v) is 7.01. The van der Waals surface area contributed by atoms with E-state index in [-0.39, 0.29) is 0 Å². The summed E-state index contributed by atoms with van der Waals surface area (Å²) in [6.07, 6.45) is -1.39. The first-order valence-electron chi connectivity index (χ1n) is 9.84. The molecule has 0 bridgehead atoms. The molecule has 0 radical (unpaired) electrons. The van der Waals surface area contributed by atoms with Crippen molar-refractivity contribution in [1.29, 1.82) is 0 Å². The summed E-state index contributed by atoms with van der Waals surface area (Å²) in [6, 6.07) is 37.7. The summed E-state index contributed by atoms with van der Waals surface area (Å²) >= 11 is 0. The molecule has 3 heteroatoms. The molecule has 30 heavy (non-hydrogen) atoms. The van der Waals surface area contributed by atoms with Crippen molar-refractivity contribution in [2.45, 2.75) is 11.7 Å². The molecule has 0 spiro atoms. The molecule has 0 saturated carbocycles. The van der Waals surface area contributed by atoms with Gasteiger partial charge in [-0.1, -0.05) is 121 Å². The number of carbonyl (C=O) groups is 1. The maximum Gasteiger partial charge on any atom is 0.341 e. The summed E-state index contributed by atoms with van der Waals surface area (Å²) < 4.78 is 6.22. The van der Waals surface area contributed by atoms with Crippen molar-refractivity contribution in [3.8, 4) is 0 Å². The van der Waals surface area contributed by atoms with Gasteiger partial charge >= 0.3 is 5.97 Å². The molecule has 0 unspecified atom stereocenters. The van der Waals surface area contributed by atoms with Crippen LogP contribution in [-0.4, -0.2) is 11.1 Å². The average molecular weight is 394 g/mol. The summed E-state index contributed by atoms with van der Waals surface area (Å²) in [6.45, 7) is 0. The van der Waals surface area contributed by atoms with Gasteiger partial charge in [0.2, 0.25) is 0 Å². The second-order valence-electron chi connectivity index (χ2n) is 7.01. The molecule has 3 nitrogen and oxygen atoms in total. The van der Waals surface area contributed by atoms with Crippen LogP contribution in [0.15, 0.2) is 121 Å². The highest BCUT2D eigenvalue weighted by atomic mass is 16.6. The Kier molecular flexibility index (Phi) is 5.73. The van der Waals surface area contributed by atoms with Crippen molar-refractivity contribution in [3.63, 3.8) is 0 Å². The number of benzene rings is 4. The number of aliphatic hydroxyl groups is 1. The zero-order valence-corrected chi connectivity index (χ0v) is 16.4. The lowest BCUT2D eigenvalue weighted by atomic mass is 9.80. The van der Waals surface area contributed by atoms with Crippen LogP contribution in [-0.2, 0) is 15.1 Å². The number of esters is 1. The van der Waals surface area contributed by atoms with Gasteiger partial charge in [-0.05, 0) is 5.56 Å². The smallest absolute Gasteiger partial charge is 0.341 e. The molecule has 0 saturated heterocycles. The maximum atomic E-state index is 13.2. The fourth-order valence-corrected chi connectivity index (χ4v) is 3.67. The van der Waals surface area contributed by atoms with Crippen LogP contribution in [0.5, 0.6) is 0 Å². The van der Waals surface area contributed by atoms with Gasteiger partial charge < -0.3 is 9.84 Å². The number of ether oxygens (including phenoxy) is 1. The van der Waals surface area contributed by atoms with Crippen molar-refractivity contribution in [2.75, 3.05) is 0 Å². The largest absolute Gasteiger partial charge is 0.442 e. The number of rotatable bonds is 6. The summed E-state index contributed by atoms with van der Waals surface area (Å²) in [4.78, 5) is 13.2. The summed E-state index contributed by atoms with van der Waals surface area (Å²) in [5.41, 5.74) is 1.70. The van der Waals surface area contributed by atoms with Gasteiger partial charge in [0.15, 0.2) is 11.7 Å². The van der Waals surface area contributed by atoms with E-state index in [4.69, 9.17) is 4.74 Å². The molecule has 0 aliphatic heterocycles. The molecular weight excluding hydrogens is 372 g/mol. The SMILES string of the molecule is O=C(OC(c1ccccc1)(c1ccccc1)c1ccccc1)[C@H](O)c1ccccc1. The Morgan fingerprint density at radius 3 is 1.30 bits per heavy atom. The molecule has 0 fully saturated rings. The molecule has 0 aliphatic rings. The van der Waals surface area contributed by atoms with Gasteiger partial charge in [0.1, 0.15) is 0 Å². The Balaban J connectivity index is 1.88. The lowest BCUT2D eigenvalue weighted by Crippen LogP contribution is -2.37. The Morgan fingerprint density at radius 2 is 0.933 bits per heavy atom. The number of hydrogen-bond donors (Lipinski definition) is 1. The molecule has 4 aromatic rings. The molecule has 0 aromatic heterocycles. The molecule has 1 N–H and O–H groups in total. The van der Waals surface area contributed by atoms with E-state index in [9.17, 15) is 9.90 Å². The van der Waals surface area contributed by atoms with Gasteiger partial charge in [0.05, 0.1) is 0 Å². The third-order valence-electron chi connectivity index (χ3n) is 5.13. The van der Waals surface area contributed by atoms with E-state index < -0.39 is 17.7 Å². The predicted octanol–water partition coefficient (Wildman–Crippen LogP) is 5.26. The van der Waals surface area contributed by atoms with E-state index in [0.717, 1.165) is 16.7 Å². The third kappa shape index (κ3) is 3.76. The summed E-state index contributed by atoms with van der Waals surface area (Å²) in [5.74, 6) is -0.710. The number of aliphatic hydroxyl groups excluding tert-OH is 1. The first-order valence-corrected chi connectivity index (χ1v) is 9.84. The van der Waals surface area contributed by atoms with E-state index in [0.29, 0.717) is 5.56 Å². The zero-order valence-electron chi connectivity index (χ0n) is 16.4. The number of carbonyl (C=O) groups excluding carboxylic acids is 1. The first kappa shape index (κ1) is 19.6. The van der Waals surface area contributed by atoms with Crippen LogP contribution in [0.4, 0.5) is 0 Å². The average Bonchev–Trinajstić information content (AvgIpc) is 2.84. The highest BCUT2D eigenvalue weighted by Gasteiger charge is 2.41. The summed E-state index contributed by atoms with van der Waals surface area (Å²) in [5, 5.41) is 10.7. The van der Waals surface area contributed by atoms with Gasteiger partial charge in [-0.3, -0.25) is 0 Å². The zero-order chi connectivity index (χ0) is 20.8. The highest BCUT2D eigenvalue weighted by Crippen LogP contribution is 2.41. The molecule has 0 heterocycles. The Bertz CT molecular complexity index is 981. The highest BCUT2D eigenvalue weighted by molar-refractivity contribution is 5.78. The molecule has 1 atom stereocenters. The third-order valence-corrected chi connectivity index (χ3v) is 5.13. The standard InChI is InChI=1S/C27H22O3/c28-25(21-13-5-1-6-14-21)26(29)30-27(22-15-7-2-8-16-22,23-17-9-3-10-18-23)24-19-11-4-12-20-24/h1-20,25,28H/t25-/m1/s1. The quantitative estimate of drug-likeness (QED) is 0.359. The molecular formula is C27H22O3. The minimum atomic E-state index is -1.39. The Hall–Kier alpha value is -3.69. The van der Waals surface area contributed by atoms with E-state index in [1.165, 1.54) is 0 Å². The first-order chi connectivity index (χ1) is 14.7. The minimum Gasteiger partial charge on any atom is -0.442 e. The van der Waals surface area contributed by atoms with Crippen LogP contribution in [0.25, 0.3) is 0 Å². The fraction of sp³-hybridized carbons (Fsp3) is 0.0741. The van der Waals surface area contributed by atoms with Crippen molar-refractivity contribution < 1.29 is 14.6 Å². The lowest BCUT2D eigenvalue weighted by Gasteiger charge is -2.36. The molecule has 0 aliphatic carbocycles. The van der Waals surface area contributed by atoms with E-state index in [1.807, 2.05) is 97.1 Å². The second kappa shape index (κ2) is 8.76. The Labute approximate surface area is 176 Å². The van der Waals surface area contributed by atoms with Crippen molar-refractivity contribution in [3.05, 3.63) is 144 Å². The summed E-state index contributed by atoms with van der Waals surface area (Å²) in [7, 11) is 0. The van der Waals surface area contributed by atoms with Crippen LogP contribution in [0.1, 0.15) is 28.4 Å².